The Morgan fingerprint density at radius 2 is 1.62 bits per heavy atom. The second-order valence-electron chi connectivity index (χ2n) is 4.44. The van der Waals surface area contributed by atoms with Gasteiger partial charge in [-0.2, -0.15) is 0 Å². The molecule has 1 atom stereocenters. The molecule has 0 heterocycles. The van der Waals surface area contributed by atoms with Gasteiger partial charge in [-0.25, -0.2) is 0 Å². The van der Waals surface area contributed by atoms with Crippen molar-refractivity contribution in [1.82, 2.24) is 0 Å². The van der Waals surface area contributed by atoms with Crippen molar-refractivity contribution in [2.75, 3.05) is 0 Å². The van der Waals surface area contributed by atoms with Crippen LogP contribution in [0.5, 0.6) is 0 Å². The third-order valence-electron chi connectivity index (χ3n) is 3.33. The Kier molecular flexibility index (Phi) is 2.09. The largest absolute Gasteiger partial charge is 0.481 e. The highest BCUT2D eigenvalue weighted by Crippen LogP contribution is 2.52. The molecule has 0 aliphatic heterocycles. The number of rotatable bonds is 3. The summed E-state index contributed by atoms with van der Waals surface area (Å²) in [6.07, 6.45) is 1.89. The van der Waals surface area contributed by atoms with Gasteiger partial charge < -0.3 is 18.1 Å². The minimum Gasteiger partial charge on any atom is -0.449 e. The molecule has 1 N–H and O–H groups in total. The number of aliphatic hydroxyl groups excluding tert-OH is 1. The Balaban J connectivity index is 1.77. The van der Waals surface area contributed by atoms with Crippen LogP contribution in [0.2, 0.25) is 5.82 Å². The van der Waals surface area contributed by atoms with E-state index in [-0.39, 0.29) is 18.8 Å². The van der Waals surface area contributed by atoms with Gasteiger partial charge in [0.05, 0.1) is 6.10 Å². The maximum absolute atomic E-state index is 12.1. The molecule has 0 bridgehead atoms. The van der Waals surface area contributed by atoms with Crippen LogP contribution in [0.25, 0.3) is 0 Å². The van der Waals surface area contributed by atoms with Crippen LogP contribution in [-0.4, -0.2) is 18.2 Å². The van der Waals surface area contributed by atoms with Crippen molar-refractivity contribution in [3.8, 4) is 0 Å². The van der Waals surface area contributed by atoms with Gasteiger partial charge in [0.25, 0.3) is 0 Å². The predicted molar refractivity (Wildman–Crippen MR) is 44.3 cm³/mol. The van der Waals surface area contributed by atoms with Crippen molar-refractivity contribution in [1.29, 1.82) is 0 Å². The molecule has 0 amide bonds. The van der Waals surface area contributed by atoms with E-state index >= 15 is 0 Å². The highest BCUT2D eigenvalue weighted by molar-refractivity contribution is 6.60. The van der Waals surface area contributed by atoms with E-state index in [9.17, 15) is 18.1 Å². The van der Waals surface area contributed by atoms with Gasteiger partial charge in [-0.1, -0.05) is 18.7 Å². The van der Waals surface area contributed by atoms with Crippen LogP contribution in [-0.2, 0) is 0 Å². The maximum atomic E-state index is 12.1. The zero-order chi connectivity index (χ0) is 9.64. The van der Waals surface area contributed by atoms with Crippen LogP contribution in [0.15, 0.2) is 0 Å². The van der Waals surface area contributed by atoms with Crippen LogP contribution in [0.1, 0.15) is 25.7 Å². The van der Waals surface area contributed by atoms with Crippen molar-refractivity contribution in [3.63, 3.8) is 0 Å². The van der Waals surface area contributed by atoms with E-state index in [0.29, 0.717) is 5.92 Å². The lowest BCUT2D eigenvalue weighted by Gasteiger charge is -2.43. The van der Waals surface area contributed by atoms with E-state index in [1.807, 2.05) is 0 Å². The third-order valence-corrected chi connectivity index (χ3v) is 3.33. The first-order valence-corrected chi connectivity index (χ1v) is 4.86. The van der Waals surface area contributed by atoms with Crippen LogP contribution in [0.4, 0.5) is 12.9 Å². The van der Waals surface area contributed by atoms with E-state index < -0.39 is 18.9 Å². The standard InChI is InChI=1S/C8H13BF3O/c10-9(11,12)7-3-6(4-7)8(13)5-1-2-5/h5-8,13H,1-4H2/q-1. The molecule has 2 aliphatic rings. The fourth-order valence-corrected chi connectivity index (χ4v) is 2.12. The molecule has 0 spiro atoms. The summed E-state index contributed by atoms with van der Waals surface area (Å²) in [5.74, 6) is -0.842. The Morgan fingerprint density at radius 1 is 1.08 bits per heavy atom. The molecule has 2 fully saturated rings. The minimum atomic E-state index is -4.65. The minimum absolute atomic E-state index is 0.0685. The van der Waals surface area contributed by atoms with Gasteiger partial charge >= 0.3 is 6.98 Å². The highest BCUT2D eigenvalue weighted by Gasteiger charge is 2.48. The molecule has 0 radical (unpaired) electrons. The molecule has 13 heavy (non-hydrogen) atoms. The highest BCUT2D eigenvalue weighted by atomic mass is 19.4. The number of hydrogen-bond acceptors (Lipinski definition) is 1. The lowest BCUT2D eigenvalue weighted by Crippen LogP contribution is -2.40. The number of aliphatic hydroxyl groups is 1. The normalized spacial score (nSPS) is 36.9. The summed E-state index contributed by atoms with van der Waals surface area (Å²) in [4.78, 5) is 0. The second-order valence-corrected chi connectivity index (χ2v) is 4.44. The van der Waals surface area contributed by atoms with Crippen LogP contribution in [0.3, 0.4) is 0 Å². The molecule has 5 heteroatoms. The topological polar surface area (TPSA) is 20.2 Å². The lowest BCUT2D eigenvalue weighted by molar-refractivity contribution is 0.0385. The summed E-state index contributed by atoms with van der Waals surface area (Å²) in [6, 6.07) is 0. The molecule has 0 aromatic rings. The van der Waals surface area contributed by atoms with E-state index in [4.69, 9.17) is 0 Å². The van der Waals surface area contributed by atoms with Gasteiger partial charge in [0, 0.05) is 0 Å². The average molecular weight is 193 g/mol. The van der Waals surface area contributed by atoms with Gasteiger partial charge in [0.1, 0.15) is 0 Å². The van der Waals surface area contributed by atoms with E-state index in [0.717, 1.165) is 12.8 Å². The Labute approximate surface area is 75.4 Å². The quantitative estimate of drug-likeness (QED) is 0.682. The molecule has 2 aliphatic carbocycles. The summed E-state index contributed by atoms with van der Waals surface area (Å²) in [7, 11) is 0. The lowest BCUT2D eigenvalue weighted by atomic mass is 9.55. The fraction of sp³-hybridized carbons (Fsp3) is 1.00. The molecule has 2 rings (SSSR count). The molecule has 2 saturated carbocycles. The smallest absolute Gasteiger partial charge is 0.449 e. The Morgan fingerprint density at radius 3 is 2.00 bits per heavy atom. The average Bonchev–Trinajstić information content (AvgIpc) is 2.58. The van der Waals surface area contributed by atoms with Crippen molar-refractivity contribution in [2.24, 2.45) is 11.8 Å². The number of halogens is 3. The molecular formula is C8H13BF3O-. The van der Waals surface area contributed by atoms with Gasteiger partial charge in [-0.05, 0) is 24.7 Å². The van der Waals surface area contributed by atoms with Crippen LogP contribution >= 0.6 is 0 Å². The molecule has 1 unspecified atom stereocenters. The van der Waals surface area contributed by atoms with E-state index in [1.54, 1.807) is 0 Å². The molecule has 1 nitrogen and oxygen atoms in total. The monoisotopic (exact) mass is 193 g/mol. The van der Waals surface area contributed by atoms with Crippen molar-refractivity contribution < 1.29 is 18.1 Å². The first-order chi connectivity index (χ1) is 5.98. The SMILES string of the molecule is OC(C1CC1)C1CC([B-](F)(F)F)C1. The summed E-state index contributed by atoms with van der Waals surface area (Å²) < 4.78 is 36.4. The Hall–Kier alpha value is -0.185. The maximum Gasteiger partial charge on any atom is 0.481 e. The van der Waals surface area contributed by atoms with Gasteiger partial charge in [0.2, 0.25) is 0 Å². The Bertz CT molecular complexity index is 196. The van der Waals surface area contributed by atoms with Crippen LogP contribution in [0, 0.1) is 11.8 Å². The summed E-state index contributed by atoms with van der Waals surface area (Å²) in [5.41, 5.74) is 0. The van der Waals surface area contributed by atoms with Crippen molar-refractivity contribution in [3.05, 3.63) is 0 Å². The molecule has 76 valence electrons. The molecular weight excluding hydrogens is 180 g/mol. The first kappa shape index (κ1) is 9.37. The van der Waals surface area contributed by atoms with E-state index in [1.165, 1.54) is 0 Å². The number of hydrogen-bond donors (Lipinski definition) is 1. The predicted octanol–water partition coefficient (Wildman–Crippen LogP) is 2.38. The van der Waals surface area contributed by atoms with Crippen LogP contribution < -0.4 is 0 Å². The van der Waals surface area contributed by atoms with Gasteiger partial charge in [-0.3, -0.25) is 0 Å². The zero-order valence-electron chi connectivity index (χ0n) is 7.30. The summed E-state index contributed by atoms with van der Waals surface area (Å²) in [5, 5.41) is 9.53. The third kappa shape index (κ3) is 1.85. The van der Waals surface area contributed by atoms with E-state index in [2.05, 4.69) is 0 Å². The summed E-state index contributed by atoms with van der Waals surface area (Å²) >= 11 is 0. The summed E-state index contributed by atoms with van der Waals surface area (Å²) in [6.45, 7) is -4.65. The molecule has 0 aromatic carbocycles. The molecule has 0 aromatic heterocycles. The van der Waals surface area contributed by atoms with Crippen molar-refractivity contribution >= 4 is 6.98 Å². The fourth-order valence-electron chi connectivity index (χ4n) is 2.12. The molecule has 0 saturated heterocycles. The first-order valence-electron chi connectivity index (χ1n) is 4.86. The van der Waals surface area contributed by atoms with Gasteiger partial charge in [0.15, 0.2) is 0 Å². The van der Waals surface area contributed by atoms with Crippen molar-refractivity contribution in [2.45, 2.75) is 37.6 Å². The zero-order valence-corrected chi connectivity index (χ0v) is 7.30. The second kappa shape index (κ2) is 2.90. The van der Waals surface area contributed by atoms with Gasteiger partial charge in [-0.15, -0.1) is 0 Å².